The molecule has 26 heteroatoms. The van der Waals surface area contributed by atoms with E-state index in [-0.39, 0.29) is 146 Å². The van der Waals surface area contributed by atoms with E-state index >= 15 is 0 Å². The lowest BCUT2D eigenvalue weighted by atomic mass is 9.73. The predicted molar refractivity (Wildman–Crippen MR) is 536 cm³/mol. The lowest BCUT2D eigenvalue weighted by molar-refractivity contribution is -0.131. The number of urea groups is 4. The second kappa shape index (κ2) is 42.9. The largest absolute Gasteiger partial charge is 0.506 e. The Morgan fingerprint density at radius 1 is 0.446 bits per heavy atom. The van der Waals surface area contributed by atoms with Crippen LogP contribution in [-0.4, -0.2) is 212 Å². The average molecular weight is 1820 g/mol. The number of aliphatic imine (C=N–C) groups is 2. The van der Waals surface area contributed by atoms with Crippen LogP contribution in [0.2, 0.25) is 0 Å². The molecule has 2 aromatic carbocycles. The number of carbonyl (C=O) groups is 8. The predicted octanol–water partition coefficient (Wildman–Crippen LogP) is 20.6. The molecule has 0 saturated carbocycles. The zero-order chi connectivity index (χ0) is 95.1. The van der Waals surface area contributed by atoms with Crippen molar-refractivity contribution in [2.75, 3.05) is 95.8 Å². The Labute approximate surface area is 784 Å². The van der Waals surface area contributed by atoms with E-state index < -0.39 is 23.9 Å². The number of benzene rings is 2. The van der Waals surface area contributed by atoms with E-state index in [1.54, 1.807) is 9.80 Å². The minimum absolute atomic E-state index is 0.0182. The molecule has 4 saturated heterocycles. The summed E-state index contributed by atoms with van der Waals surface area (Å²) in [4.78, 5) is 132. The molecule has 712 valence electrons. The summed E-state index contributed by atoms with van der Waals surface area (Å²) in [5.41, 5.74) is 9.73. The molecule has 12 rings (SSSR count). The Kier molecular flexibility index (Phi) is 33.5. The Morgan fingerprint density at radius 2 is 0.800 bits per heavy atom. The highest BCUT2D eigenvalue weighted by molar-refractivity contribution is 7.99. The first kappa shape index (κ1) is 101. The number of hydrogen-bond acceptors (Lipinski definition) is 16. The van der Waals surface area contributed by atoms with E-state index in [4.69, 9.17) is 0 Å². The minimum Gasteiger partial charge on any atom is -0.506 e. The smallest absolute Gasteiger partial charge is 0.341 e. The first-order valence-electron chi connectivity index (χ1n) is 48.9. The van der Waals surface area contributed by atoms with Gasteiger partial charge in [-0.3, -0.25) is 19.2 Å². The van der Waals surface area contributed by atoms with Crippen molar-refractivity contribution in [3.8, 4) is 0 Å². The zero-order valence-electron chi connectivity index (χ0n) is 82.7. The first-order valence-corrected chi connectivity index (χ1v) is 51.2. The molecule has 10 amide bonds. The Morgan fingerprint density at radius 3 is 1.16 bits per heavy atom. The van der Waals surface area contributed by atoms with Gasteiger partial charge in [0, 0.05) is 154 Å². The van der Waals surface area contributed by atoms with Crippen LogP contribution in [0.3, 0.4) is 0 Å². The van der Waals surface area contributed by atoms with Gasteiger partial charge in [0.1, 0.15) is 11.5 Å². The van der Waals surface area contributed by atoms with Crippen molar-refractivity contribution in [2.45, 2.75) is 328 Å². The summed E-state index contributed by atoms with van der Waals surface area (Å²) >= 11 is 3.91. The molecule has 6 atom stereocenters. The van der Waals surface area contributed by atoms with Crippen molar-refractivity contribution in [2.24, 2.45) is 32.7 Å². The Balaban J connectivity index is 0.000000252. The van der Waals surface area contributed by atoms with Crippen LogP contribution >= 0.6 is 23.5 Å². The van der Waals surface area contributed by atoms with Gasteiger partial charge in [-0.1, -0.05) is 122 Å². The summed E-state index contributed by atoms with van der Waals surface area (Å²) < 4.78 is 0. The van der Waals surface area contributed by atoms with Gasteiger partial charge in [0.05, 0.1) is 58.2 Å². The van der Waals surface area contributed by atoms with Crippen LogP contribution in [0.25, 0.3) is 11.1 Å². The highest BCUT2D eigenvalue weighted by Gasteiger charge is 2.53. The number of thioether (sulfide) groups is 2. The number of hydrogen-bond donors (Lipinski definition) is 8. The number of rotatable bonds is 32. The number of likely N-dealkylation sites (tertiary alicyclic amines) is 4. The number of unbranched alkanes of at least 4 members (excludes halogenated alkanes) is 2. The SMILES string of the molecule is CC(C)N1C2=CC(=NC(=O)NCC(=O)N3CCCCC3)C(=C3C(=O)C(c4cc5c(cc4NC(=O)NCC(=O)N4CCCCC4)N(C(C)C)C(C)C5(C)C)=C3O)C=C2C(C)(C)C1C.CCCCC(CC)CSCCCNC(=O)N=C1C=C2C(=CC1=C1C(=O)C(c3cc4c(cc3NC(=O)NCCCSCC(CC)CCCC)N(C(C)C)C(C)C4(C)C)=C1O)C(C)(C)C(C)N2C(C)C. The monoisotopic (exact) mass is 1820 g/mol. The van der Waals surface area contributed by atoms with Crippen LogP contribution in [0.5, 0.6) is 0 Å². The van der Waals surface area contributed by atoms with Gasteiger partial charge in [0.2, 0.25) is 23.4 Å². The van der Waals surface area contributed by atoms with Gasteiger partial charge in [-0.15, -0.1) is 0 Å². The molecule has 6 unspecified atom stereocenters. The standard InChI is InChI=1S/C56H88N6O4S2.C48H66N8O6/c1-15-19-23-39(17-3)33-67-27-21-25-57-53(65)59-45-31-47-43(55(11,12)37(9)61(47)35(5)6)29-41(45)49-51(63)50(52(49)64)42-30-44-48(62(36(7)8)38(10)56(44,13)14)32-46(42)60-54(66)58-26-22-28-68-34-40(18-4)24-20-16-2;1-27(2)55-29(5)47(7,8)33-21-31(35(23-37(33)55)51-45(61)49-25-39(57)53-17-13-11-14-18-53)41-43(59)42(44(41)60)32-22-34-38(56(28(3)4)30(6)48(34,9)10)24-36(32)52-46(62)50-26-40(58)54-19-15-12-16-20-54/h29-32,35-40,63H,15-28,33-34H2,1-14H3,(H,57,65)(H2,58,60,66);21-24,27-30,59H,11-20,25-26H2,1-10H3,(H,49,61)(H2,50,52,62). The fourth-order valence-corrected chi connectivity index (χ4v) is 23.3. The molecule has 0 bridgehead atoms. The molecular formula is C104H154N14O10S2. The van der Waals surface area contributed by atoms with Crippen molar-refractivity contribution in [3.63, 3.8) is 0 Å². The Bertz CT molecular complexity index is 4960. The van der Waals surface area contributed by atoms with E-state index in [0.29, 0.717) is 78.6 Å². The third kappa shape index (κ3) is 21.3. The number of carbonyl (C=O) groups excluding carboxylic acids is 8. The fraction of sp³-hybridized carbons (Fsp3) is 0.635. The maximum Gasteiger partial charge on any atom is 0.341 e. The van der Waals surface area contributed by atoms with Crippen molar-refractivity contribution in [3.05, 3.63) is 127 Å². The van der Waals surface area contributed by atoms with E-state index in [1.807, 2.05) is 72.1 Å². The van der Waals surface area contributed by atoms with Crippen LogP contribution in [0.15, 0.2) is 115 Å². The zero-order valence-corrected chi connectivity index (χ0v) is 84.4. The van der Waals surface area contributed by atoms with Crippen molar-refractivity contribution in [1.29, 1.82) is 0 Å². The second-order valence-electron chi connectivity index (χ2n) is 40.9. The number of amides is 10. The number of ketones is 2. The maximum atomic E-state index is 14.9. The number of nitrogens with zero attached hydrogens (tertiary/aromatic N) is 8. The fourth-order valence-electron chi connectivity index (χ4n) is 20.8. The highest BCUT2D eigenvalue weighted by atomic mass is 32.2. The number of anilines is 4. The van der Waals surface area contributed by atoms with Crippen LogP contribution in [0.1, 0.15) is 291 Å². The molecule has 24 nitrogen and oxygen atoms in total. The number of allylic oxidation sites excluding steroid dienone is 12. The summed E-state index contributed by atoms with van der Waals surface area (Å²) in [6, 6.07) is 6.61. The number of aliphatic hydroxyl groups is 2. The minimum atomic E-state index is -0.727. The van der Waals surface area contributed by atoms with Crippen LogP contribution in [0.4, 0.5) is 41.9 Å². The molecule has 6 aliphatic heterocycles. The topological polar surface area (TPSA) is 293 Å². The number of aliphatic hydroxyl groups excluding tert-OH is 2. The van der Waals surface area contributed by atoms with E-state index in [9.17, 15) is 48.6 Å². The van der Waals surface area contributed by atoms with Crippen molar-refractivity contribution in [1.82, 2.24) is 40.9 Å². The quantitative estimate of drug-likeness (QED) is 0.0249. The summed E-state index contributed by atoms with van der Waals surface area (Å²) in [6.07, 6.45) is 25.1. The Hall–Kier alpha value is -9.04. The lowest BCUT2D eigenvalue weighted by Crippen LogP contribution is -2.43. The molecule has 130 heavy (non-hydrogen) atoms. The van der Waals surface area contributed by atoms with Gasteiger partial charge >= 0.3 is 24.1 Å². The summed E-state index contributed by atoms with van der Waals surface area (Å²) in [5, 5.41) is 42.0. The molecule has 6 heterocycles. The molecule has 10 aliphatic rings. The molecule has 4 fully saturated rings. The number of nitrogens with one attached hydrogen (secondary N) is 6. The second-order valence-corrected chi connectivity index (χ2v) is 43.2. The third-order valence-corrected chi connectivity index (χ3v) is 32.4. The summed E-state index contributed by atoms with van der Waals surface area (Å²) in [6.45, 7) is 55.6. The third-order valence-electron chi connectivity index (χ3n) is 29.8. The molecular weight excluding hydrogens is 1670 g/mol. The van der Waals surface area contributed by atoms with Crippen molar-refractivity contribution < 1.29 is 48.6 Å². The highest BCUT2D eigenvalue weighted by Crippen LogP contribution is 2.57. The van der Waals surface area contributed by atoms with Gasteiger partial charge in [-0.25, -0.2) is 19.2 Å². The van der Waals surface area contributed by atoms with Gasteiger partial charge in [0.15, 0.2) is 0 Å². The molecule has 0 spiro atoms. The van der Waals surface area contributed by atoms with Gasteiger partial charge in [-0.05, 0) is 253 Å². The molecule has 4 aliphatic carbocycles. The summed E-state index contributed by atoms with van der Waals surface area (Å²) in [7, 11) is 0. The number of Topliss-reactive ketones (excluding diaryl/α,β-unsaturated/α-hetero) is 2. The van der Waals surface area contributed by atoms with Gasteiger partial charge < -0.3 is 71.5 Å². The first-order chi connectivity index (χ1) is 61.5. The van der Waals surface area contributed by atoms with Crippen molar-refractivity contribution >= 4 is 116 Å². The molecule has 2 aromatic rings. The van der Waals surface area contributed by atoms with Crippen LogP contribution in [-0.2, 0) is 30.0 Å². The van der Waals surface area contributed by atoms with E-state index in [1.165, 1.54) is 51.4 Å². The van der Waals surface area contributed by atoms with Crippen LogP contribution in [0, 0.1) is 22.7 Å². The van der Waals surface area contributed by atoms with Gasteiger partial charge in [-0.2, -0.15) is 33.5 Å². The molecule has 0 radical (unpaired) electrons. The lowest BCUT2D eigenvalue weighted by Gasteiger charge is -2.34. The summed E-state index contributed by atoms with van der Waals surface area (Å²) in [5.74, 6) is 4.12. The van der Waals surface area contributed by atoms with Crippen LogP contribution < -0.4 is 41.7 Å². The number of fused-ring (bicyclic) bond motifs is 4. The maximum absolute atomic E-state index is 14.9. The average Bonchev–Trinajstić information content (AvgIpc) is 1.54. The van der Waals surface area contributed by atoms with E-state index in [0.717, 1.165) is 131 Å². The molecule has 8 N–H and O–H groups in total. The van der Waals surface area contributed by atoms with E-state index in [2.05, 4.69) is 228 Å². The van der Waals surface area contributed by atoms with Gasteiger partial charge in [0.25, 0.3) is 0 Å². The number of piperidine rings is 2. The molecule has 0 aromatic heterocycles. The normalized spacial score (nSPS) is 23.4.